The molecule has 0 amide bonds. The van der Waals surface area contributed by atoms with Gasteiger partial charge >= 0.3 is 0 Å². The van der Waals surface area contributed by atoms with Gasteiger partial charge in [0.05, 0.1) is 13.2 Å². The molecular weight excluding hydrogens is 508 g/mol. The van der Waals surface area contributed by atoms with E-state index in [0.717, 1.165) is 40.7 Å². The number of phenols is 2. The molecule has 0 unspecified atom stereocenters. The van der Waals surface area contributed by atoms with Crippen LogP contribution in [0, 0.1) is 10.8 Å². The average molecular weight is 569 g/mol. The van der Waals surface area contributed by atoms with Crippen molar-refractivity contribution in [2.75, 3.05) is 6.61 Å². The lowest BCUT2D eigenvalue weighted by Gasteiger charge is -2.37. The number of benzene rings is 2. The minimum atomic E-state index is -0.625. The summed E-state index contributed by atoms with van der Waals surface area (Å²) in [5.41, 5.74) is 3.76. The molecule has 0 aliphatic heterocycles. The highest BCUT2D eigenvalue weighted by atomic mass is 16.3. The molecule has 4 N–H and O–H groups in total. The van der Waals surface area contributed by atoms with Crippen molar-refractivity contribution in [3.8, 4) is 11.5 Å². The highest BCUT2D eigenvalue weighted by Gasteiger charge is 2.36. The summed E-state index contributed by atoms with van der Waals surface area (Å²) in [6.45, 7) is 30.1. The first kappa shape index (κ1) is 35.2. The largest absolute Gasteiger partial charge is 0.507 e. The lowest BCUT2D eigenvalue weighted by Crippen LogP contribution is -2.29. The summed E-state index contributed by atoms with van der Waals surface area (Å²) in [6.07, 6.45) is 2.38. The molecule has 0 heterocycles. The van der Waals surface area contributed by atoms with Crippen molar-refractivity contribution in [3.05, 3.63) is 57.6 Å². The lowest BCUT2D eigenvalue weighted by atomic mass is 9.68. The van der Waals surface area contributed by atoms with E-state index in [1.165, 1.54) is 0 Å². The molecule has 0 aliphatic carbocycles. The second kappa shape index (κ2) is 11.6. The molecule has 0 radical (unpaired) electrons. The fourth-order valence-corrected chi connectivity index (χ4v) is 6.97. The molecule has 0 spiro atoms. The molecule has 0 aromatic heterocycles. The summed E-state index contributed by atoms with van der Waals surface area (Å²) in [4.78, 5) is 0. The second-order valence-electron chi connectivity index (χ2n) is 17.6. The molecule has 0 aliphatic rings. The first-order valence-corrected chi connectivity index (χ1v) is 15.2. The summed E-state index contributed by atoms with van der Waals surface area (Å²) < 4.78 is 0. The molecular formula is C37H60O4. The minimum Gasteiger partial charge on any atom is -0.507 e. The molecule has 2 aromatic rings. The smallest absolute Gasteiger partial charge is 0.124 e. The van der Waals surface area contributed by atoms with E-state index in [9.17, 15) is 20.4 Å². The second-order valence-corrected chi connectivity index (χ2v) is 17.6. The summed E-state index contributed by atoms with van der Waals surface area (Å²) >= 11 is 0. The zero-order chi connectivity index (χ0) is 32.0. The third-order valence-corrected chi connectivity index (χ3v) is 8.54. The molecule has 0 saturated heterocycles. The number of phenolic OH excluding ortho intramolecular Hbond substituents is 1. The lowest BCUT2D eigenvalue weighted by molar-refractivity contribution is 0.214. The average Bonchev–Trinajstić information content (AvgIpc) is 2.76. The molecule has 0 bridgehead atoms. The van der Waals surface area contributed by atoms with Crippen LogP contribution in [0.25, 0.3) is 0 Å². The van der Waals surface area contributed by atoms with Crippen LogP contribution in [0.1, 0.15) is 143 Å². The molecule has 232 valence electrons. The van der Waals surface area contributed by atoms with Gasteiger partial charge in [-0.2, -0.15) is 0 Å². The van der Waals surface area contributed by atoms with Gasteiger partial charge in [0.15, 0.2) is 0 Å². The monoisotopic (exact) mass is 568 g/mol. The van der Waals surface area contributed by atoms with Gasteiger partial charge in [0, 0.05) is 22.1 Å². The van der Waals surface area contributed by atoms with E-state index in [2.05, 4.69) is 101 Å². The summed E-state index contributed by atoms with van der Waals surface area (Å²) in [6, 6.07) is 8.24. The number of aliphatic hydroxyl groups excluding tert-OH is 2. The van der Waals surface area contributed by atoms with Gasteiger partial charge < -0.3 is 20.4 Å². The predicted octanol–water partition coefficient (Wildman–Crippen LogP) is 8.81. The zero-order valence-electron chi connectivity index (χ0n) is 28.6. The number of aliphatic hydroxyl groups is 2. The number of hydrogen-bond donors (Lipinski definition) is 4. The normalized spacial score (nSPS) is 14.0. The van der Waals surface area contributed by atoms with Crippen molar-refractivity contribution in [2.45, 2.75) is 144 Å². The first-order valence-electron chi connectivity index (χ1n) is 15.2. The third-order valence-electron chi connectivity index (χ3n) is 8.54. The standard InChI is InChI=1S/C37H60O4/c1-32(2,3)21-35(9,10)26-15-24(30(40)29(18-26)37(13,14)23-39)19-34(7,8)28-17-27(16-25(20-38)31(28)41)36(11,12)22-33(4,5)6/h15-18,38-41H,19-23H2,1-14H3. The van der Waals surface area contributed by atoms with Gasteiger partial charge in [0.1, 0.15) is 11.5 Å². The van der Waals surface area contributed by atoms with Gasteiger partial charge in [-0.05, 0) is 69.1 Å². The predicted molar refractivity (Wildman–Crippen MR) is 173 cm³/mol. The third kappa shape index (κ3) is 8.51. The van der Waals surface area contributed by atoms with E-state index >= 15 is 0 Å². The Kier molecular flexibility index (Phi) is 9.92. The fourth-order valence-electron chi connectivity index (χ4n) is 6.97. The zero-order valence-corrected chi connectivity index (χ0v) is 28.6. The maximum absolute atomic E-state index is 11.7. The fraction of sp³-hybridized carbons (Fsp3) is 0.676. The van der Waals surface area contributed by atoms with Crippen LogP contribution in [0.15, 0.2) is 24.3 Å². The molecule has 4 heteroatoms. The Morgan fingerprint density at radius 3 is 1.22 bits per heavy atom. The molecule has 0 fully saturated rings. The van der Waals surface area contributed by atoms with Crippen LogP contribution >= 0.6 is 0 Å². The Morgan fingerprint density at radius 2 is 0.854 bits per heavy atom. The quantitative estimate of drug-likeness (QED) is 0.231. The Hall–Kier alpha value is -2.04. The van der Waals surface area contributed by atoms with Crippen molar-refractivity contribution >= 4 is 0 Å². The van der Waals surface area contributed by atoms with Gasteiger partial charge in [-0.15, -0.1) is 0 Å². The van der Waals surface area contributed by atoms with Crippen LogP contribution in [0.2, 0.25) is 0 Å². The molecule has 2 rings (SSSR count). The van der Waals surface area contributed by atoms with Crippen molar-refractivity contribution in [1.82, 2.24) is 0 Å². The Morgan fingerprint density at radius 1 is 0.488 bits per heavy atom. The number of rotatable bonds is 10. The minimum absolute atomic E-state index is 0.0852. The van der Waals surface area contributed by atoms with E-state index in [0.29, 0.717) is 12.0 Å². The number of aromatic hydroxyl groups is 2. The van der Waals surface area contributed by atoms with Crippen LogP contribution in [0.4, 0.5) is 0 Å². The van der Waals surface area contributed by atoms with E-state index in [-0.39, 0.29) is 46.4 Å². The van der Waals surface area contributed by atoms with E-state index in [1.807, 2.05) is 19.9 Å². The highest BCUT2D eigenvalue weighted by Crippen LogP contribution is 2.46. The highest BCUT2D eigenvalue weighted by molar-refractivity contribution is 5.53. The first-order chi connectivity index (χ1) is 18.3. The topological polar surface area (TPSA) is 80.9 Å². The molecule has 0 atom stereocenters. The van der Waals surface area contributed by atoms with Crippen molar-refractivity contribution in [1.29, 1.82) is 0 Å². The van der Waals surface area contributed by atoms with Gasteiger partial charge in [-0.3, -0.25) is 0 Å². The van der Waals surface area contributed by atoms with Crippen molar-refractivity contribution in [3.63, 3.8) is 0 Å². The van der Waals surface area contributed by atoms with Crippen LogP contribution < -0.4 is 0 Å². The van der Waals surface area contributed by atoms with Crippen LogP contribution in [0.5, 0.6) is 11.5 Å². The van der Waals surface area contributed by atoms with Gasteiger partial charge in [0.2, 0.25) is 0 Å². The maximum Gasteiger partial charge on any atom is 0.124 e. The number of hydrogen-bond acceptors (Lipinski definition) is 4. The summed E-state index contributed by atoms with van der Waals surface area (Å²) in [7, 11) is 0. The van der Waals surface area contributed by atoms with E-state index in [1.54, 1.807) is 0 Å². The Labute approximate surface area is 251 Å². The molecule has 2 aromatic carbocycles. The SMILES string of the molecule is CC(C)(C)CC(C)(C)c1cc(CC(C)(C)c2cc(C(C)(C)CC(C)(C)C)cc(CO)c2O)c(O)c(C(C)(C)CO)c1. The molecule has 41 heavy (non-hydrogen) atoms. The summed E-state index contributed by atoms with van der Waals surface area (Å²) in [5.74, 6) is 0.325. The van der Waals surface area contributed by atoms with Crippen molar-refractivity contribution < 1.29 is 20.4 Å². The van der Waals surface area contributed by atoms with Gasteiger partial charge in [0.25, 0.3) is 0 Å². The molecule has 0 saturated carbocycles. The Balaban J connectivity index is 2.78. The van der Waals surface area contributed by atoms with Crippen LogP contribution in [0.3, 0.4) is 0 Å². The van der Waals surface area contributed by atoms with E-state index in [4.69, 9.17) is 0 Å². The van der Waals surface area contributed by atoms with E-state index < -0.39 is 10.8 Å². The maximum atomic E-state index is 11.7. The van der Waals surface area contributed by atoms with Gasteiger partial charge in [-0.1, -0.05) is 115 Å². The Bertz CT molecular complexity index is 1220. The molecule has 4 nitrogen and oxygen atoms in total. The van der Waals surface area contributed by atoms with Crippen molar-refractivity contribution in [2.24, 2.45) is 10.8 Å². The van der Waals surface area contributed by atoms with Crippen LogP contribution in [-0.4, -0.2) is 27.0 Å². The summed E-state index contributed by atoms with van der Waals surface area (Å²) in [5, 5.41) is 43.5. The van der Waals surface area contributed by atoms with Crippen LogP contribution in [-0.2, 0) is 34.7 Å². The van der Waals surface area contributed by atoms with Gasteiger partial charge in [-0.25, -0.2) is 0 Å².